The van der Waals surface area contributed by atoms with Gasteiger partial charge in [-0.3, -0.25) is 4.21 Å². The van der Waals surface area contributed by atoms with Gasteiger partial charge in [0.25, 0.3) is 0 Å². The van der Waals surface area contributed by atoms with Crippen molar-refractivity contribution >= 4 is 10.8 Å². The third kappa shape index (κ3) is 1.82. The summed E-state index contributed by atoms with van der Waals surface area (Å²) in [6.07, 6.45) is 2.80. The third-order valence-electron chi connectivity index (χ3n) is 5.78. The Kier molecular flexibility index (Phi) is 3.10. The molecule has 2 bridgehead atoms. The Balaban J connectivity index is 1.88. The lowest BCUT2D eigenvalue weighted by Gasteiger charge is -2.40. The zero-order valence-electron chi connectivity index (χ0n) is 11.6. The molecule has 2 aliphatic carbocycles. The first-order valence-corrected chi connectivity index (χ1v) is 8.41. The maximum Gasteiger partial charge on any atom is 0.0613 e. The minimum absolute atomic E-state index is 0.108. The molecule has 2 fully saturated rings. The fourth-order valence-electron chi connectivity index (χ4n) is 4.27. The first-order valence-electron chi connectivity index (χ1n) is 7.09. The average molecular weight is 278 g/mol. The molecule has 0 aromatic heterocycles. The second kappa shape index (κ2) is 4.42. The number of rotatable bonds is 3. The standard InChI is InChI=1S/C16H22O2S/c1-15(2)12-8-9-16(15,14(17)10-12)11-19(18)13-6-4-3-5-7-13/h3-7,12,14,17H,8-11H2,1-2H3/t12-,14-,16-,19?/m1/s1. The van der Waals surface area contributed by atoms with Crippen LogP contribution in [-0.4, -0.2) is 21.2 Å². The molecule has 4 atom stereocenters. The number of hydrogen-bond donors (Lipinski definition) is 1. The molecule has 3 heteroatoms. The van der Waals surface area contributed by atoms with E-state index >= 15 is 0 Å². The van der Waals surface area contributed by atoms with Crippen LogP contribution in [0.5, 0.6) is 0 Å². The Hall–Kier alpha value is -0.670. The van der Waals surface area contributed by atoms with Crippen LogP contribution < -0.4 is 0 Å². The lowest BCUT2D eigenvalue weighted by molar-refractivity contribution is 0.0160. The second-order valence-corrected chi connectivity index (χ2v) is 8.12. The van der Waals surface area contributed by atoms with E-state index in [9.17, 15) is 9.32 Å². The summed E-state index contributed by atoms with van der Waals surface area (Å²) in [6, 6.07) is 9.65. The van der Waals surface area contributed by atoms with Gasteiger partial charge < -0.3 is 5.11 Å². The number of aliphatic hydroxyl groups excluding tert-OH is 1. The average Bonchev–Trinajstić information content (AvgIpc) is 2.74. The molecule has 0 amide bonds. The molecule has 1 aromatic carbocycles. The van der Waals surface area contributed by atoms with Crippen LogP contribution in [0.25, 0.3) is 0 Å². The van der Waals surface area contributed by atoms with Gasteiger partial charge in [-0.2, -0.15) is 0 Å². The van der Waals surface area contributed by atoms with Gasteiger partial charge in [0.1, 0.15) is 0 Å². The van der Waals surface area contributed by atoms with E-state index in [4.69, 9.17) is 0 Å². The quantitative estimate of drug-likeness (QED) is 0.923. The van der Waals surface area contributed by atoms with Crippen LogP contribution in [0.2, 0.25) is 0 Å². The molecule has 19 heavy (non-hydrogen) atoms. The highest BCUT2D eigenvalue weighted by Crippen LogP contribution is 2.66. The summed E-state index contributed by atoms with van der Waals surface area (Å²) in [7, 11) is -1.01. The molecule has 0 radical (unpaired) electrons. The number of fused-ring (bicyclic) bond motifs is 2. The predicted octanol–water partition coefficient (Wildman–Crippen LogP) is 2.98. The summed E-state index contributed by atoms with van der Waals surface area (Å²) >= 11 is 0. The first kappa shape index (κ1) is 13.3. The van der Waals surface area contributed by atoms with Crippen molar-refractivity contribution in [3.8, 4) is 0 Å². The molecule has 2 nitrogen and oxygen atoms in total. The predicted molar refractivity (Wildman–Crippen MR) is 77.3 cm³/mol. The van der Waals surface area contributed by atoms with Crippen LogP contribution in [0.3, 0.4) is 0 Å². The maximum absolute atomic E-state index is 12.6. The second-order valence-electron chi connectivity index (χ2n) is 6.67. The van der Waals surface area contributed by atoms with Gasteiger partial charge in [-0.25, -0.2) is 0 Å². The monoisotopic (exact) mass is 278 g/mol. The Morgan fingerprint density at radius 3 is 2.53 bits per heavy atom. The summed E-state index contributed by atoms with van der Waals surface area (Å²) in [6.45, 7) is 4.51. The van der Waals surface area contributed by atoms with E-state index < -0.39 is 10.8 Å². The van der Waals surface area contributed by atoms with Gasteiger partial charge >= 0.3 is 0 Å². The van der Waals surface area contributed by atoms with Crippen molar-refractivity contribution in [1.82, 2.24) is 0 Å². The SMILES string of the molecule is CC1(C)[C@@H]2CC[C@@]1(CS(=O)c1ccccc1)[C@H](O)C2. The summed E-state index contributed by atoms with van der Waals surface area (Å²) in [5.74, 6) is 1.19. The molecule has 2 aliphatic rings. The highest BCUT2D eigenvalue weighted by atomic mass is 32.2. The maximum atomic E-state index is 12.6. The van der Waals surface area contributed by atoms with Gasteiger partial charge in [-0.15, -0.1) is 0 Å². The van der Waals surface area contributed by atoms with Gasteiger partial charge in [0.05, 0.1) is 16.9 Å². The highest BCUT2D eigenvalue weighted by Gasteiger charge is 2.64. The van der Waals surface area contributed by atoms with E-state index in [-0.39, 0.29) is 16.9 Å². The lowest BCUT2D eigenvalue weighted by atomic mass is 9.70. The van der Waals surface area contributed by atoms with Gasteiger partial charge in [-0.05, 0) is 42.7 Å². The van der Waals surface area contributed by atoms with Gasteiger partial charge in [0.15, 0.2) is 0 Å². The number of benzene rings is 1. The number of hydrogen-bond acceptors (Lipinski definition) is 2. The van der Waals surface area contributed by atoms with E-state index in [1.807, 2.05) is 30.3 Å². The Bertz CT molecular complexity index is 497. The first-order chi connectivity index (χ1) is 8.97. The lowest BCUT2D eigenvalue weighted by Crippen LogP contribution is -2.43. The summed E-state index contributed by atoms with van der Waals surface area (Å²) in [4.78, 5) is 0.884. The molecule has 104 valence electrons. The van der Waals surface area contributed by atoms with Gasteiger partial charge in [0, 0.05) is 16.1 Å². The minimum Gasteiger partial charge on any atom is -0.392 e. The Morgan fingerprint density at radius 1 is 1.32 bits per heavy atom. The van der Waals surface area contributed by atoms with Gasteiger partial charge in [0.2, 0.25) is 0 Å². The Morgan fingerprint density at radius 2 is 2.00 bits per heavy atom. The Labute approximate surface area is 117 Å². The molecular formula is C16H22O2S. The molecule has 3 rings (SSSR count). The summed E-state index contributed by atoms with van der Waals surface area (Å²) < 4.78 is 12.6. The van der Waals surface area contributed by atoms with E-state index in [1.54, 1.807) is 0 Å². The van der Waals surface area contributed by atoms with Crippen LogP contribution in [0, 0.1) is 16.7 Å². The van der Waals surface area contributed by atoms with Crippen LogP contribution in [0.4, 0.5) is 0 Å². The van der Waals surface area contributed by atoms with E-state index in [0.717, 1.165) is 17.7 Å². The van der Waals surface area contributed by atoms with Crippen molar-refractivity contribution in [3.63, 3.8) is 0 Å². The van der Waals surface area contributed by atoms with Crippen molar-refractivity contribution in [2.75, 3.05) is 5.75 Å². The molecule has 1 unspecified atom stereocenters. The van der Waals surface area contributed by atoms with Crippen molar-refractivity contribution < 1.29 is 9.32 Å². The highest BCUT2D eigenvalue weighted by molar-refractivity contribution is 7.85. The van der Waals surface area contributed by atoms with Crippen molar-refractivity contribution in [2.45, 2.75) is 44.1 Å². The van der Waals surface area contributed by atoms with Crippen molar-refractivity contribution in [2.24, 2.45) is 16.7 Å². The molecule has 0 saturated heterocycles. The molecule has 0 spiro atoms. The van der Waals surface area contributed by atoms with Crippen LogP contribution in [-0.2, 0) is 10.8 Å². The smallest absolute Gasteiger partial charge is 0.0613 e. The van der Waals surface area contributed by atoms with Crippen molar-refractivity contribution in [1.29, 1.82) is 0 Å². The third-order valence-corrected chi connectivity index (χ3v) is 7.36. The normalized spacial score (nSPS) is 37.4. The fraction of sp³-hybridized carbons (Fsp3) is 0.625. The zero-order valence-corrected chi connectivity index (χ0v) is 12.5. The topological polar surface area (TPSA) is 37.3 Å². The molecule has 1 aromatic rings. The van der Waals surface area contributed by atoms with E-state index in [1.165, 1.54) is 6.42 Å². The van der Waals surface area contributed by atoms with Gasteiger partial charge in [-0.1, -0.05) is 32.0 Å². The van der Waals surface area contributed by atoms with E-state index in [2.05, 4.69) is 13.8 Å². The van der Waals surface area contributed by atoms with Crippen molar-refractivity contribution in [3.05, 3.63) is 30.3 Å². The van der Waals surface area contributed by atoms with Crippen LogP contribution in [0.15, 0.2) is 35.2 Å². The molecular weight excluding hydrogens is 256 g/mol. The fourth-order valence-corrected chi connectivity index (χ4v) is 6.07. The number of aliphatic hydroxyl groups is 1. The molecule has 2 saturated carbocycles. The largest absolute Gasteiger partial charge is 0.392 e. The van der Waals surface area contributed by atoms with E-state index in [0.29, 0.717) is 11.7 Å². The summed E-state index contributed by atoms with van der Waals surface area (Å²) in [5, 5.41) is 10.5. The van der Waals surface area contributed by atoms with Crippen LogP contribution in [0.1, 0.15) is 33.1 Å². The molecule has 1 N–H and O–H groups in total. The van der Waals surface area contributed by atoms with Crippen LogP contribution >= 0.6 is 0 Å². The minimum atomic E-state index is -1.01. The molecule has 0 aliphatic heterocycles. The zero-order chi connectivity index (χ0) is 13.7. The molecule has 0 heterocycles. The summed E-state index contributed by atoms with van der Waals surface area (Å²) in [5.41, 5.74) is -0.0464.